The van der Waals surface area contributed by atoms with Crippen LogP contribution in [0.4, 0.5) is 0 Å². The van der Waals surface area contributed by atoms with Gasteiger partial charge in [-0.15, -0.1) is 11.8 Å². The second kappa shape index (κ2) is 7.16. The van der Waals surface area contributed by atoms with E-state index in [2.05, 4.69) is 50.2 Å². The fourth-order valence-electron chi connectivity index (χ4n) is 2.16. The maximum absolute atomic E-state index is 6.16. The van der Waals surface area contributed by atoms with Crippen molar-refractivity contribution >= 4 is 23.4 Å². The van der Waals surface area contributed by atoms with E-state index in [0.29, 0.717) is 0 Å². The molecule has 2 aromatic carbocycles. The van der Waals surface area contributed by atoms with E-state index < -0.39 is 0 Å². The normalized spacial score (nSPS) is 14.0. The number of nitrogens with two attached hydrogens (primary N) is 1. The van der Waals surface area contributed by atoms with Crippen molar-refractivity contribution in [3.8, 4) is 0 Å². The summed E-state index contributed by atoms with van der Waals surface area (Å²) in [7, 11) is 0. The van der Waals surface area contributed by atoms with Crippen molar-refractivity contribution in [1.82, 2.24) is 0 Å². The van der Waals surface area contributed by atoms with Crippen LogP contribution in [0.25, 0.3) is 0 Å². The molecule has 0 fully saturated rings. The molecule has 2 atom stereocenters. The monoisotopic (exact) mass is 305 g/mol. The smallest absolute Gasteiger partial charge is 0.0449 e. The molecule has 0 aromatic heterocycles. The summed E-state index contributed by atoms with van der Waals surface area (Å²) < 4.78 is 0. The minimum atomic E-state index is 0.102. The summed E-state index contributed by atoms with van der Waals surface area (Å²) in [5.74, 6) is 0.974. The summed E-state index contributed by atoms with van der Waals surface area (Å²) >= 11 is 7.84. The minimum absolute atomic E-state index is 0.102. The Morgan fingerprint density at radius 3 is 2.35 bits per heavy atom. The summed E-state index contributed by atoms with van der Waals surface area (Å²) in [6.45, 7) is 4.21. The molecule has 106 valence electrons. The molecule has 0 saturated carbocycles. The molecule has 20 heavy (non-hydrogen) atoms. The largest absolute Gasteiger partial charge is 0.327 e. The van der Waals surface area contributed by atoms with Gasteiger partial charge in [0.15, 0.2) is 0 Å². The predicted octanol–water partition coefficient (Wildman–Crippen LogP) is 4.97. The molecule has 0 bridgehead atoms. The van der Waals surface area contributed by atoms with Crippen LogP contribution in [0.5, 0.6) is 0 Å². The van der Waals surface area contributed by atoms with Crippen LogP contribution in [-0.2, 0) is 5.75 Å². The lowest BCUT2D eigenvalue weighted by Crippen LogP contribution is -2.22. The van der Waals surface area contributed by atoms with Gasteiger partial charge >= 0.3 is 0 Å². The van der Waals surface area contributed by atoms with Gasteiger partial charge in [0.2, 0.25) is 0 Å². The number of aryl methyl sites for hydroxylation is 1. The number of benzene rings is 2. The Kier molecular flexibility index (Phi) is 5.53. The molecule has 0 aliphatic rings. The zero-order chi connectivity index (χ0) is 14.5. The van der Waals surface area contributed by atoms with Crippen LogP contribution in [0.15, 0.2) is 48.5 Å². The van der Waals surface area contributed by atoms with Gasteiger partial charge in [-0.25, -0.2) is 0 Å². The van der Waals surface area contributed by atoms with E-state index in [1.165, 1.54) is 16.7 Å². The molecule has 2 unspecified atom stereocenters. The van der Waals surface area contributed by atoms with Crippen molar-refractivity contribution < 1.29 is 0 Å². The molecule has 2 N–H and O–H groups in total. The highest BCUT2D eigenvalue weighted by Crippen LogP contribution is 2.34. The first kappa shape index (κ1) is 15.4. The quantitative estimate of drug-likeness (QED) is 0.844. The van der Waals surface area contributed by atoms with Crippen LogP contribution in [0.2, 0.25) is 5.02 Å². The van der Waals surface area contributed by atoms with E-state index in [1.54, 1.807) is 0 Å². The number of hydrogen-bond acceptors (Lipinski definition) is 2. The average Bonchev–Trinajstić information content (AvgIpc) is 2.42. The first-order valence-electron chi connectivity index (χ1n) is 6.75. The maximum atomic E-state index is 6.16. The molecule has 2 rings (SSSR count). The Labute approximate surface area is 130 Å². The van der Waals surface area contributed by atoms with Gasteiger partial charge in [0.05, 0.1) is 0 Å². The first-order chi connectivity index (χ1) is 9.58. The van der Waals surface area contributed by atoms with Gasteiger partial charge in [-0.1, -0.05) is 48.0 Å². The number of rotatable bonds is 5. The number of thioether (sulfide) groups is 1. The van der Waals surface area contributed by atoms with Crippen molar-refractivity contribution in [2.24, 2.45) is 5.73 Å². The van der Waals surface area contributed by atoms with E-state index in [1.807, 2.05) is 23.9 Å². The summed E-state index contributed by atoms with van der Waals surface area (Å²) in [4.78, 5) is 0. The van der Waals surface area contributed by atoms with Gasteiger partial charge in [-0.05, 0) is 42.7 Å². The highest BCUT2D eigenvalue weighted by molar-refractivity contribution is 7.98. The van der Waals surface area contributed by atoms with E-state index in [9.17, 15) is 0 Å². The van der Waals surface area contributed by atoms with Gasteiger partial charge in [0, 0.05) is 22.1 Å². The summed E-state index contributed by atoms with van der Waals surface area (Å²) in [6.07, 6.45) is 0. The van der Waals surface area contributed by atoms with Gasteiger partial charge in [0.25, 0.3) is 0 Å². The molecule has 0 heterocycles. The molecule has 3 heteroatoms. The molecule has 0 aliphatic carbocycles. The lowest BCUT2D eigenvalue weighted by atomic mass is 10.1. The van der Waals surface area contributed by atoms with Crippen molar-refractivity contribution in [1.29, 1.82) is 0 Å². The summed E-state index contributed by atoms with van der Waals surface area (Å²) in [6, 6.07) is 16.6. The van der Waals surface area contributed by atoms with Crippen LogP contribution >= 0.6 is 23.4 Å². The predicted molar refractivity (Wildman–Crippen MR) is 90.3 cm³/mol. The van der Waals surface area contributed by atoms with Crippen LogP contribution in [0.1, 0.15) is 28.9 Å². The van der Waals surface area contributed by atoms with Crippen LogP contribution in [0.3, 0.4) is 0 Å². The van der Waals surface area contributed by atoms with Crippen LogP contribution in [0, 0.1) is 6.92 Å². The Hall–Kier alpha value is -0.960. The summed E-state index contributed by atoms with van der Waals surface area (Å²) in [5.41, 5.74) is 10.1. The lowest BCUT2D eigenvalue weighted by Gasteiger charge is -2.21. The molecule has 0 aliphatic heterocycles. The number of halogens is 1. The van der Waals surface area contributed by atoms with Crippen LogP contribution in [-0.4, -0.2) is 6.04 Å². The molecule has 2 aromatic rings. The lowest BCUT2D eigenvalue weighted by molar-refractivity contribution is 0.721. The van der Waals surface area contributed by atoms with Crippen LogP contribution < -0.4 is 5.73 Å². The van der Waals surface area contributed by atoms with Gasteiger partial charge in [0.1, 0.15) is 0 Å². The van der Waals surface area contributed by atoms with Crippen molar-refractivity contribution in [3.05, 3.63) is 70.2 Å². The van der Waals surface area contributed by atoms with E-state index in [-0.39, 0.29) is 11.3 Å². The summed E-state index contributed by atoms with van der Waals surface area (Å²) in [5, 5.41) is 1.05. The molecule has 0 amide bonds. The third-order valence-electron chi connectivity index (χ3n) is 3.36. The maximum Gasteiger partial charge on any atom is 0.0449 e. The Morgan fingerprint density at radius 1 is 1.10 bits per heavy atom. The zero-order valence-electron chi connectivity index (χ0n) is 11.8. The Balaban J connectivity index is 2.11. The molecular weight excluding hydrogens is 286 g/mol. The molecule has 1 nitrogen and oxygen atoms in total. The van der Waals surface area contributed by atoms with Crippen molar-refractivity contribution in [2.75, 3.05) is 0 Å². The molecule has 0 radical (unpaired) electrons. The second-order valence-electron chi connectivity index (χ2n) is 5.07. The standard InChI is InChI=1S/C17H20ClNS/c1-12-5-3-4-6-15(12)11-20-17(13(2)19)14-7-9-16(18)10-8-14/h3-10,13,17H,11,19H2,1-2H3. The second-order valence-corrected chi connectivity index (χ2v) is 6.64. The highest BCUT2D eigenvalue weighted by Gasteiger charge is 2.17. The first-order valence-corrected chi connectivity index (χ1v) is 8.18. The third kappa shape index (κ3) is 4.02. The topological polar surface area (TPSA) is 26.0 Å². The molecule has 0 spiro atoms. The van der Waals surface area contributed by atoms with Crippen molar-refractivity contribution in [2.45, 2.75) is 30.9 Å². The van der Waals surface area contributed by atoms with E-state index in [4.69, 9.17) is 17.3 Å². The number of hydrogen-bond donors (Lipinski definition) is 1. The fourth-order valence-corrected chi connectivity index (χ4v) is 3.62. The van der Waals surface area contributed by atoms with E-state index >= 15 is 0 Å². The highest BCUT2D eigenvalue weighted by atomic mass is 35.5. The van der Waals surface area contributed by atoms with E-state index in [0.717, 1.165) is 10.8 Å². The average molecular weight is 306 g/mol. The Bertz CT molecular complexity index is 551. The molecule has 0 saturated heterocycles. The van der Waals surface area contributed by atoms with Gasteiger partial charge in [-0.2, -0.15) is 0 Å². The molecular formula is C17H20ClNS. The Morgan fingerprint density at radius 2 is 1.75 bits per heavy atom. The van der Waals surface area contributed by atoms with Crippen molar-refractivity contribution in [3.63, 3.8) is 0 Å². The SMILES string of the molecule is Cc1ccccc1CSC(c1ccc(Cl)cc1)C(C)N. The third-order valence-corrected chi connectivity index (χ3v) is 5.15. The zero-order valence-corrected chi connectivity index (χ0v) is 13.4. The minimum Gasteiger partial charge on any atom is -0.327 e. The van der Waals surface area contributed by atoms with Gasteiger partial charge in [-0.3, -0.25) is 0 Å². The fraction of sp³-hybridized carbons (Fsp3) is 0.294. The van der Waals surface area contributed by atoms with Gasteiger partial charge < -0.3 is 5.73 Å².